The number of non-ortho nitro benzene ring substituents is 1. The summed E-state index contributed by atoms with van der Waals surface area (Å²) < 4.78 is 0. The number of hydrogen-bond donors (Lipinski definition) is 0. The Kier molecular flexibility index (Phi) is 2.85. The molecule has 0 saturated carbocycles. The maximum Gasteiger partial charge on any atom is 0.271 e. The summed E-state index contributed by atoms with van der Waals surface area (Å²) in [6.45, 7) is 1.97. The van der Waals surface area contributed by atoms with Crippen LogP contribution in [0.4, 0.5) is 11.4 Å². The molecule has 1 aromatic rings. The van der Waals surface area contributed by atoms with E-state index in [0.717, 1.165) is 31.6 Å². The molecule has 0 amide bonds. The molecule has 0 bridgehead atoms. The first kappa shape index (κ1) is 9.96. The van der Waals surface area contributed by atoms with Crippen molar-refractivity contribution in [1.29, 1.82) is 0 Å². The molecule has 79 valence electrons. The molecule has 1 fully saturated rings. The molecule has 1 saturated heterocycles. The predicted molar refractivity (Wildman–Crippen MR) is 58.0 cm³/mol. The molecule has 0 N–H and O–H groups in total. The molecule has 1 aromatic carbocycles. The van der Waals surface area contributed by atoms with Crippen molar-refractivity contribution in [3.63, 3.8) is 0 Å². The van der Waals surface area contributed by atoms with Crippen LogP contribution in [0.1, 0.15) is 19.3 Å². The van der Waals surface area contributed by atoms with Gasteiger partial charge in [0.1, 0.15) is 0 Å². The van der Waals surface area contributed by atoms with E-state index < -0.39 is 0 Å². The van der Waals surface area contributed by atoms with E-state index in [1.165, 1.54) is 12.5 Å². The molecule has 0 unspecified atom stereocenters. The van der Waals surface area contributed by atoms with Crippen molar-refractivity contribution < 1.29 is 4.92 Å². The van der Waals surface area contributed by atoms with Gasteiger partial charge in [0.05, 0.1) is 10.6 Å². The van der Waals surface area contributed by atoms with Gasteiger partial charge in [0.25, 0.3) is 5.69 Å². The number of rotatable bonds is 2. The SMILES string of the molecule is O=[N+]([O-])c1cc[c]c(N2CCCCC2)c1. The largest absolute Gasteiger partial charge is 0.371 e. The van der Waals surface area contributed by atoms with Crippen LogP contribution in [0.25, 0.3) is 0 Å². The molecule has 4 heteroatoms. The predicted octanol–water partition coefficient (Wildman–Crippen LogP) is 2.39. The second-order valence-corrected chi connectivity index (χ2v) is 3.74. The Morgan fingerprint density at radius 3 is 2.73 bits per heavy atom. The van der Waals surface area contributed by atoms with Gasteiger partial charge >= 0.3 is 0 Å². The zero-order valence-corrected chi connectivity index (χ0v) is 8.48. The molecule has 0 spiro atoms. The molecule has 1 aliphatic heterocycles. The van der Waals surface area contributed by atoms with E-state index in [1.807, 2.05) is 0 Å². The van der Waals surface area contributed by atoms with Gasteiger partial charge in [0.2, 0.25) is 0 Å². The number of anilines is 1. The van der Waals surface area contributed by atoms with Gasteiger partial charge in [-0.2, -0.15) is 0 Å². The summed E-state index contributed by atoms with van der Waals surface area (Å²) in [7, 11) is 0. The number of nitro groups is 1. The van der Waals surface area contributed by atoms with Gasteiger partial charge in [-0.1, -0.05) is 0 Å². The van der Waals surface area contributed by atoms with Gasteiger partial charge in [-0.15, -0.1) is 0 Å². The van der Waals surface area contributed by atoms with Crippen LogP contribution in [-0.4, -0.2) is 18.0 Å². The molecule has 1 heterocycles. The lowest BCUT2D eigenvalue weighted by atomic mass is 10.1. The van der Waals surface area contributed by atoms with E-state index >= 15 is 0 Å². The standard InChI is InChI=1S/C11H13N2O2/c14-13(15)11-6-4-5-10(9-11)12-7-2-1-3-8-12/h4,6,9H,1-3,7-8H2. The summed E-state index contributed by atoms with van der Waals surface area (Å²) in [6.07, 6.45) is 3.58. The molecule has 15 heavy (non-hydrogen) atoms. The fraction of sp³-hybridized carbons (Fsp3) is 0.455. The minimum Gasteiger partial charge on any atom is -0.371 e. The first-order chi connectivity index (χ1) is 7.27. The lowest BCUT2D eigenvalue weighted by Gasteiger charge is -2.28. The second-order valence-electron chi connectivity index (χ2n) is 3.74. The Bertz CT molecular complexity index is 359. The monoisotopic (exact) mass is 205 g/mol. The summed E-state index contributed by atoms with van der Waals surface area (Å²) in [5.74, 6) is 0. The highest BCUT2D eigenvalue weighted by Crippen LogP contribution is 2.23. The number of hydrogen-bond acceptors (Lipinski definition) is 3. The lowest BCUT2D eigenvalue weighted by Crippen LogP contribution is -2.29. The van der Waals surface area contributed by atoms with Crippen molar-refractivity contribution >= 4 is 11.4 Å². The molecular weight excluding hydrogens is 192 g/mol. The fourth-order valence-electron chi connectivity index (χ4n) is 1.87. The van der Waals surface area contributed by atoms with Crippen LogP contribution in [0.3, 0.4) is 0 Å². The Morgan fingerprint density at radius 1 is 1.33 bits per heavy atom. The summed E-state index contributed by atoms with van der Waals surface area (Å²) in [5, 5.41) is 10.6. The highest BCUT2D eigenvalue weighted by Gasteiger charge is 2.13. The van der Waals surface area contributed by atoms with Crippen LogP contribution in [0, 0.1) is 16.2 Å². The van der Waals surface area contributed by atoms with Gasteiger partial charge in [-0.05, 0) is 25.3 Å². The average Bonchev–Trinajstić information content (AvgIpc) is 2.30. The molecule has 4 nitrogen and oxygen atoms in total. The quantitative estimate of drug-likeness (QED) is 0.550. The molecule has 0 atom stereocenters. The van der Waals surface area contributed by atoms with Crippen LogP contribution >= 0.6 is 0 Å². The van der Waals surface area contributed by atoms with E-state index in [4.69, 9.17) is 0 Å². The minimum absolute atomic E-state index is 0.148. The van der Waals surface area contributed by atoms with Crippen molar-refractivity contribution in [2.24, 2.45) is 0 Å². The highest BCUT2D eigenvalue weighted by molar-refractivity contribution is 5.52. The number of benzene rings is 1. The number of nitrogens with zero attached hydrogens (tertiary/aromatic N) is 2. The average molecular weight is 205 g/mol. The molecule has 1 aliphatic rings. The highest BCUT2D eigenvalue weighted by atomic mass is 16.6. The maximum atomic E-state index is 10.6. The molecule has 1 radical (unpaired) electrons. The first-order valence-corrected chi connectivity index (χ1v) is 5.18. The van der Waals surface area contributed by atoms with E-state index in [2.05, 4.69) is 11.0 Å². The molecule has 2 rings (SSSR count). The third-order valence-electron chi connectivity index (χ3n) is 2.68. The Hall–Kier alpha value is -1.58. The van der Waals surface area contributed by atoms with E-state index in [-0.39, 0.29) is 10.6 Å². The van der Waals surface area contributed by atoms with Crippen LogP contribution in [0.5, 0.6) is 0 Å². The van der Waals surface area contributed by atoms with Crippen LogP contribution in [-0.2, 0) is 0 Å². The van der Waals surface area contributed by atoms with Crippen LogP contribution in [0.15, 0.2) is 18.2 Å². The summed E-state index contributed by atoms with van der Waals surface area (Å²) >= 11 is 0. The van der Waals surface area contributed by atoms with E-state index in [0.29, 0.717) is 0 Å². The Morgan fingerprint density at radius 2 is 2.07 bits per heavy atom. The third kappa shape index (κ3) is 2.26. The minimum atomic E-state index is -0.360. The first-order valence-electron chi connectivity index (χ1n) is 5.18. The van der Waals surface area contributed by atoms with Crippen molar-refractivity contribution in [2.75, 3.05) is 18.0 Å². The zero-order chi connectivity index (χ0) is 10.7. The molecule has 0 aliphatic carbocycles. The van der Waals surface area contributed by atoms with Crippen molar-refractivity contribution in [3.8, 4) is 0 Å². The molecule has 0 aromatic heterocycles. The smallest absolute Gasteiger partial charge is 0.271 e. The number of piperidine rings is 1. The van der Waals surface area contributed by atoms with Crippen LogP contribution < -0.4 is 4.90 Å². The summed E-state index contributed by atoms with van der Waals surface area (Å²) in [4.78, 5) is 12.4. The van der Waals surface area contributed by atoms with E-state index in [1.54, 1.807) is 12.1 Å². The van der Waals surface area contributed by atoms with Crippen molar-refractivity contribution in [1.82, 2.24) is 0 Å². The van der Waals surface area contributed by atoms with Gasteiger partial charge in [-0.25, -0.2) is 0 Å². The van der Waals surface area contributed by atoms with Gasteiger partial charge in [-0.3, -0.25) is 10.1 Å². The third-order valence-corrected chi connectivity index (χ3v) is 2.68. The number of nitro benzene ring substituents is 1. The Labute approximate surface area is 88.7 Å². The lowest BCUT2D eigenvalue weighted by molar-refractivity contribution is -0.384. The van der Waals surface area contributed by atoms with Crippen LogP contribution in [0.2, 0.25) is 0 Å². The summed E-state index contributed by atoms with van der Waals surface area (Å²) in [5.41, 5.74) is 0.998. The summed E-state index contributed by atoms with van der Waals surface area (Å²) in [6, 6.07) is 7.76. The maximum absolute atomic E-state index is 10.6. The second kappa shape index (κ2) is 4.29. The van der Waals surface area contributed by atoms with Gasteiger partial charge in [0, 0.05) is 31.3 Å². The van der Waals surface area contributed by atoms with Crippen molar-refractivity contribution in [3.05, 3.63) is 34.4 Å². The Balaban J connectivity index is 2.19. The topological polar surface area (TPSA) is 46.4 Å². The normalized spacial score (nSPS) is 16.4. The van der Waals surface area contributed by atoms with Crippen molar-refractivity contribution in [2.45, 2.75) is 19.3 Å². The van der Waals surface area contributed by atoms with E-state index in [9.17, 15) is 10.1 Å². The zero-order valence-electron chi connectivity index (χ0n) is 8.48. The van der Waals surface area contributed by atoms with Gasteiger partial charge < -0.3 is 4.90 Å². The molecular formula is C11H13N2O2. The van der Waals surface area contributed by atoms with Gasteiger partial charge in [0.15, 0.2) is 0 Å². The fourth-order valence-corrected chi connectivity index (χ4v) is 1.87.